The van der Waals surface area contributed by atoms with Crippen molar-refractivity contribution < 1.29 is 0 Å². The molecule has 2 saturated carbocycles. The summed E-state index contributed by atoms with van der Waals surface area (Å²) in [5, 5.41) is 4.37. The van der Waals surface area contributed by atoms with Gasteiger partial charge in [-0.25, -0.2) is 0 Å². The molecule has 0 amide bonds. The Kier molecular flexibility index (Phi) is 4.23. The molecular weight excluding hydrogens is 268 g/mol. The second-order valence-corrected chi connectivity index (χ2v) is 7.07. The summed E-state index contributed by atoms with van der Waals surface area (Å²) in [5.74, 6) is 0.928. The molecule has 0 heterocycles. The molecule has 2 aliphatic rings. The zero-order valence-corrected chi connectivity index (χ0v) is 13.3. The molecule has 1 aromatic carbocycles. The second-order valence-electron chi connectivity index (χ2n) is 6.64. The van der Waals surface area contributed by atoms with Crippen molar-refractivity contribution in [3.05, 3.63) is 28.8 Å². The summed E-state index contributed by atoms with van der Waals surface area (Å²) in [6.07, 6.45) is 5.53. The van der Waals surface area contributed by atoms with Crippen LogP contribution < -0.4 is 10.2 Å². The van der Waals surface area contributed by atoms with Crippen LogP contribution in [0.25, 0.3) is 0 Å². The molecule has 0 aliphatic heterocycles. The van der Waals surface area contributed by atoms with Gasteiger partial charge >= 0.3 is 0 Å². The summed E-state index contributed by atoms with van der Waals surface area (Å²) >= 11 is 6.20. The Hall–Kier alpha value is -0.730. The van der Waals surface area contributed by atoms with Gasteiger partial charge in [-0.05, 0) is 55.4 Å². The third-order valence-electron chi connectivity index (χ3n) is 4.19. The zero-order chi connectivity index (χ0) is 14.1. The summed E-state index contributed by atoms with van der Waals surface area (Å²) in [6, 6.07) is 7.67. The molecule has 0 atom stereocenters. The molecule has 0 saturated heterocycles. The number of hydrogen-bond donors (Lipinski definition) is 1. The van der Waals surface area contributed by atoms with Gasteiger partial charge in [-0.15, -0.1) is 0 Å². The molecule has 1 N–H and O–H groups in total. The van der Waals surface area contributed by atoms with Crippen LogP contribution in [0.5, 0.6) is 0 Å². The topological polar surface area (TPSA) is 15.3 Å². The quantitative estimate of drug-likeness (QED) is 0.809. The third kappa shape index (κ3) is 3.67. The summed E-state index contributed by atoms with van der Waals surface area (Å²) in [4.78, 5) is 2.64. The van der Waals surface area contributed by atoms with E-state index >= 15 is 0 Å². The summed E-state index contributed by atoms with van der Waals surface area (Å²) in [5.41, 5.74) is 2.75. The van der Waals surface area contributed by atoms with Crippen LogP contribution in [0.1, 0.15) is 45.1 Å². The number of anilines is 1. The van der Waals surface area contributed by atoms with Gasteiger partial charge in [0.1, 0.15) is 0 Å². The van der Waals surface area contributed by atoms with E-state index in [1.807, 2.05) is 6.07 Å². The van der Waals surface area contributed by atoms with Crippen molar-refractivity contribution in [3.63, 3.8) is 0 Å². The Morgan fingerprint density at radius 2 is 2.00 bits per heavy atom. The molecule has 20 heavy (non-hydrogen) atoms. The van der Waals surface area contributed by atoms with Crippen molar-refractivity contribution in [3.8, 4) is 0 Å². The number of nitrogens with zero attached hydrogens (tertiary/aromatic N) is 1. The largest absolute Gasteiger partial charge is 0.368 e. The molecule has 2 fully saturated rings. The first-order valence-corrected chi connectivity index (χ1v) is 8.29. The molecule has 2 nitrogen and oxygen atoms in total. The second kappa shape index (κ2) is 5.95. The van der Waals surface area contributed by atoms with E-state index < -0.39 is 0 Å². The molecule has 3 heteroatoms. The Morgan fingerprint density at radius 3 is 2.60 bits per heavy atom. The molecule has 0 spiro atoms. The molecule has 110 valence electrons. The molecule has 1 aromatic rings. The Balaban J connectivity index is 1.81. The first kappa shape index (κ1) is 14.2. The summed E-state index contributed by atoms with van der Waals surface area (Å²) < 4.78 is 0. The molecule has 0 aromatic heterocycles. The number of benzene rings is 1. The highest BCUT2D eigenvalue weighted by Crippen LogP contribution is 2.39. The van der Waals surface area contributed by atoms with Crippen molar-refractivity contribution in [2.24, 2.45) is 5.92 Å². The van der Waals surface area contributed by atoms with Gasteiger partial charge in [0, 0.05) is 35.9 Å². The monoisotopic (exact) mass is 292 g/mol. The van der Waals surface area contributed by atoms with Crippen LogP contribution in [0.4, 0.5) is 5.69 Å². The van der Waals surface area contributed by atoms with Gasteiger partial charge < -0.3 is 10.2 Å². The van der Waals surface area contributed by atoms with Crippen molar-refractivity contribution in [2.75, 3.05) is 11.4 Å². The van der Waals surface area contributed by atoms with E-state index in [1.54, 1.807) is 0 Å². The predicted octanol–water partition coefficient (Wildman–Crippen LogP) is 4.22. The lowest BCUT2D eigenvalue weighted by molar-refractivity contribution is 0.586. The van der Waals surface area contributed by atoms with E-state index in [-0.39, 0.29) is 0 Å². The molecule has 2 aliphatic carbocycles. The Bertz CT molecular complexity index is 464. The average Bonchev–Trinajstić information content (AvgIpc) is 3.26. The molecule has 0 bridgehead atoms. The van der Waals surface area contributed by atoms with E-state index in [0.29, 0.717) is 6.04 Å². The fraction of sp³-hybridized carbons (Fsp3) is 0.647. The number of hydrogen-bond acceptors (Lipinski definition) is 2. The van der Waals surface area contributed by atoms with Gasteiger partial charge in [0.05, 0.1) is 0 Å². The van der Waals surface area contributed by atoms with Gasteiger partial charge in [-0.1, -0.05) is 25.4 Å². The number of nitrogens with one attached hydrogen (secondary N) is 1. The maximum Gasteiger partial charge on any atom is 0.0415 e. The van der Waals surface area contributed by atoms with Gasteiger partial charge in [0.2, 0.25) is 0 Å². The van der Waals surface area contributed by atoms with E-state index in [4.69, 9.17) is 11.6 Å². The maximum absolute atomic E-state index is 6.20. The van der Waals surface area contributed by atoms with Crippen LogP contribution in [0.3, 0.4) is 0 Å². The molecular formula is C17H25ClN2. The summed E-state index contributed by atoms with van der Waals surface area (Å²) in [6.45, 7) is 6.52. The van der Waals surface area contributed by atoms with Crippen molar-refractivity contribution in [2.45, 2.75) is 58.2 Å². The molecule has 0 unspecified atom stereocenters. The van der Waals surface area contributed by atoms with Crippen LogP contribution in [-0.2, 0) is 6.54 Å². The van der Waals surface area contributed by atoms with Crippen LogP contribution in [-0.4, -0.2) is 18.6 Å². The lowest BCUT2D eigenvalue weighted by atomic mass is 10.1. The van der Waals surface area contributed by atoms with Gasteiger partial charge in [0.15, 0.2) is 0 Å². The fourth-order valence-corrected chi connectivity index (χ4v) is 2.89. The molecule has 0 radical (unpaired) electrons. The minimum Gasteiger partial charge on any atom is -0.368 e. The first-order chi connectivity index (χ1) is 9.63. The van der Waals surface area contributed by atoms with E-state index in [1.165, 1.54) is 43.5 Å². The fourth-order valence-electron chi connectivity index (χ4n) is 2.70. The van der Waals surface area contributed by atoms with Crippen LogP contribution in [0, 0.1) is 5.92 Å². The Labute approximate surface area is 127 Å². The highest BCUT2D eigenvalue weighted by Gasteiger charge is 2.34. The minimum absolute atomic E-state index is 0.500. The molecule has 3 rings (SSSR count). The lowest BCUT2D eigenvalue weighted by Gasteiger charge is -2.28. The van der Waals surface area contributed by atoms with Gasteiger partial charge in [-0.2, -0.15) is 0 Å². The SMILES string of the molecule is CC(C)NCc1cc(Cl)ccc1N(CC1CC1)C1CC1. The maximum atomic E-state index is 6.20. The highest BCUT2D eigenvalue weighted by molar-refractivity contribution is 6.30. The van der Waals surface area contributed by atoms with E-state index in [0.717, 1.165) is 23.5 Å². The van der Waals surface area contributed by atoms with Crippen LogP contribution >= 0.6 is 11.6 Å². The highest BCUT2D eigenvalue weighted by atomic mass is 35.5. The van der Waals surface area contributed by atoms with Crippen molar-refractivity contribution in [1.82, 2.24) is 5.32 Å². The van der Waals surface area contributed by atoms with E-state index in [9.17, 15) is 0 Å². The number of halogens is 1. The lowest BCUT2D eigenvalue weighted by Crippen LogP contribution is -2.30. The average molecular weight is 293 g/mol. The van der Waals surface area contributed by atoms with Crippen LogP contribution in [0.15, 0.2) is 18.2 Å². The van der Waals surface area contributed by atoms with Crippen LogP contribution in [0.2, 0.25) is 5.02 Å². The van der Waals surface area contributed by atoms with Gasteiger partial charge in [-0.3, -0.25) is 0 Å². The first-order valence-electron chi connectivity index (χ1n) is 7.92. The van der Waals surface area contributed by atoms with Crippen molar-refractivity contribution >= 4 is 17.3 Å². The minimum atomic E-state index is 0.500. The normalized spacial score (nSPS) is 18.6. The zero-order valence-electron chi connectivity index (χ0n) is 12.5. The predicted molar refractivity (Wildman–Crippen MR) is 86.5 cm³/mol. The standard InChI is InChI=1S/C17H25ClN2/c1-12(2)19-10-14-9-15(18)5-8-17(14)20(16-6-7-16)11-13-3-4-13/h5,8-9,12-13,16,19H,3-4,6-7,10-11H2,1-2H3. The summed E-state index contributed by atoms with van der Waals surface area (Å²) in [7, 11) is 0. The van der Waals surface area contributed by atoms with Gasteiger partial charge in [0.25, 0.3) is 0 Å². The van der Waals surface area contributed by atoms with E-state index in [2.05, 4.69) is 36.2 Å². The number of rotatable bonds is 7. The Morgan fingerprint density at radius 1 is 1.25 bits per heavy atom. The smallest absolute Gasteiger partial charge is 0.0415 e. The third-order valence-corrected chi connectivity index (χ3v) is 4.43. The van der Waals surface area contributed by atoms with Crippen molar-refractivity contribution in [1.29, 1.82) is 0 Å².